The highest BCUT2D eigenvalue weighted by atomic mass is 19.4. The largest absolute Gasteiger partial charge is 0.419 e. The zero-order valence-electron chi connectivity index (χ0n) is 23.3. The standard InChI is InChI=1S/C30H32F4N4O4/c1-18(21-9-6-10-22(26(21)31)30(32,33)34)35-27-25(28-41-15-16-42-28)23(36-19(2)37-27)17-24(39)38-29(11-13-40-14-12-29)20-7-4-3-5-8-20/h3-10,18,28H,11-17H2,1-2H3,(H,38,39)(H,35,36,37)/t18-/m1/s1. The number of alkyl halides is 3. The van der Waals surface area contributed by atoms with E-state index in [4.69, 9.17) is 14.2 Å². The molecule has 0 aliphatic carbocycles. The first-order chi connectivity index (χ1) is 20.1. The van der Waals surface area contributed by atoms with Crippen molar-refractivity contribution in [2.45, 2.75) is 57.2 Å². The van der Waals surface area contributed by atoms with E-state index in [9.17, 15) is 22.4 Å². The predicted octanol–water partition coefficient (Wildman–Crippen LogP) is 5.53. The van der Waals surface area contributed by atoms with Crippen LogP contribution in [0, 0.1) is 12.7 Å². The molecule has 2 N–H and O–H groups in total. The highest BCUT2D eigenvalue weighted by Gasteiger charge is 2.38. The van der Waals surface area contributed by atoms with Crippen molar-refractivity contribution in [3.63, 3.8) is 0 Å². The monoisotopic (exact) mass is 588 g/mol. The van der Waals surface area contributed by atoms with Crippen molar-refractivity contribution in [1.82, 2.24) is 15.3 Å². The molecule has 5 rings (SSSR count). The maximum atomic E-state index is 14.9. The van der Waals surface area contributed by atoms with Gasteiger partial charge in [-0.15, -0.1) is 0 Å². The lowest BCUT2D eigenvalue weighted by Gasteiger charge is -2.38. The third-order valence-electron chi connectivity index (χ3n) is 7.53. The molecule has 2 aromatic carbocycles. The van der Waals surface area contributed by atoms with Crippen molar-refractivity contribution < 1.29 is 36.6 Å². The molecule has 3 heterocycles. The summed E-state index contributed by atoms with van der Waals surface area (Å²) in [6, 6.07) is 11.9. The fourth-order valence-corrected chi connectivity index (χ4v) is 5.47. The number of nitrogens with zero attached hydrogens (tertiary/aromatic N) is 2. The van der Waals surface area contributed by atoms with Crippen LogP contribution in [0.2, 0.25) is 0 Å². The lowest BCUT2D eigenvalue weighted by molar-refractivity contribution is -0.140. The molecule has 0 radical (unpaired) electrons. The minimum atomic E-state index is -4.84. The molecule has 3 aromatic rings. The molecule has 8 nitrogen and oxygen atoms in total. The van der Waals surface area contributed by atoms with Crippen LogP contribution in [0.15, 0.2) is 48.5 Å². The number of aromatic nitrogens is 2. The van der Waals surface area contributed by atoms with Crippen LogP contribution in [-0.4, -0.2) is 42.3 Å². The minimum Gasteiger partial charge on any atom is -0.381 e. The summed E-state index contributed by atoms with van der Waals surface area (Å²) in [5.41, 5.74) is -0.510. The van der Waals surface area contributed by atoms with Crippen LogP contribution in [0.25, 0.3) is 0 Å². The molecule has 0 saturated carbocycles. The van der Waals surface area contributed by atoms with E-state index < -0.39 is 35.4 Å². The number of nitrogens with one attached hydrogen (secondary N) is 2. The van der Waals surface area contributed by atoms with Crippen LogP contribution in [0.5, 0.6) is 0 Å². The molecule has 2 aliphatic heterocycles. The van der Waals surface area contributed by atoms with E-state index >= 15 is 0 Å². The number of hydrogen-bond acceptors (Lipinski definition) is 7. The molecule has 2 saturated heterocycles. The molecule has 1 aromatic heterocycles. The van der Waals surface area contributed by atoms with Crippen LogP contribution >= 0.6 is 0 Å². The summed E-state index contributed by atoms with van der Waals surface area (Å²) in [6.45, 7) is 4.73. The van der Waals surface area contributed by atoms with E-state index in [1.165, 1.54) is 13.0 Å². The molecular weight excluding hydrogens is 556 g/mol. The summed E-state index contributed by atoms with van der Waals surface area (Å²) in [5, 5.41) is 6.24. The number of carbonyl (C=O) groups is 1. The van der Waals surface area contributed by atoms with E-state index in [0.717, 1.165) is 11.6 Å². The summed E-state index contributed by atoms with van der Waals surface area (Å²) < 4.78 is 72.1. The molecule has 1 atom stereocenters. The first kappa shape index (κ1) is 29.9. The number of halogens is 4. The van der Waals surface area contributed by atoms with Gasteiger partial charge in [-0.25, -0.2) is 14.4 Å². The number of hydrogen-bond donors (Lipinski definition) is 2. The van der Waals surface area contributed by atoms with Crippen LogP contribution in [0.1, 0.15) is 65.9 Å². The van der Waals surface area contributed by atoms with Gasteiger partial charge in [-0.2, -0.15) is 13.2 Å². The first-order valence-corrected chi connectivity index (χ1v) is 13.7. The zero-order chi connectivity index (χ0) is 29.9. The third kappa shape index (κ3) is 6.40. The van der Waals surface area contributed by atoms with Crippen molar-refractivity contribution >= 4 is 11.7 Å². The SMILES string of the molecule is Cc1nc(CC(=O)NC2(c3ccccc3)CCOCC2)c(C2OCCO2)c(N[C@H](C)c2cccc(C(F)(F)F)c2F)n1. The maximum Gasteiger partial charge on any atom is 0.419 e. The van der Waals surface area contributed by atoms with Gasteiger partial charge in [0.25, 0.3) is 0 Å². The Kier molecular flexibility index (Phi) is 8.76. The number of benzene rings is 2. The average Bonchev–Trinajstić information content (AvgIpc) is 3.47. The van der Waals surface area contributed by atoms with Gasteiger partial charge in [-0.3, -0.25) is 4.79 Å². The van der Waals surface area contributed by atoms with Crippen molar-refractivity contribution in [1.29, 1.82) is 0 Å². The number of carbonyl (C=O) groups excluding carboxylic acids is 1. The third-order valence-corrected chi connectivity index (χ3v) is 7.53. The Morgan fingerprint density at radius 1 is 1.02 bits per heavy atom. The van der Waals surface area contributed by atoms with Gasteiger partial charge in [-0.05, 0) is 38.3 Å². The molecular formula is C30H32F4N4O4. The minimum absolute atomic E-state index is 0.141. The van der Waals surface area contributed by atoms with E-state index in [1.807, 2.05) is 30.3 Å². The van der Waals surface area contributed by atoms with E-state index in [1.54, 1.807) is 6.92 Å². The van der Waals surface area contributed by atoms with Gasteiger partial charge < -0.3 is 24.8 Å². The Morgan fingerprint density at radius 2 is 1.71 bits per heavy atom. The van der Waals surface area contributed by atoms with Gasteiger partial charge in [-0.1, -0.05) is 42.5 Å². The van der Waals surface area contributed by atoms with Crippen LogP contribution in [-0.2, 0) is 37.1 Å². The summed E-state index contributed by atoms with van der Waals surface area (Å²) in [4.78, 5) is 22.6. The second kappa shape index (κ2) is 12.3. The summed E-state index contributed by atoms with van der Waals surface area (Å²) in [7, 11) is 0. The second-order valence-electron chi connectivity index (χ2n) is 10.4. The number of rotatable bonds is 8. The van der Waals surface area contributed by atoms with Crippen molar-refractivity contribution in [3.05, 3.63) is 88.1 Å². The van der Waals surface area contributed by atoms with Crippen LogP contribution in [0.4, 0.5) is 23.4 Å². The first-order valence-electron chi connectivity index (χ1n) is 13.7. The number of amides is 1. The van der Waals surface area contributed by atoms with Crippen LogP contribution < -0.4 is 10.6 Å². The fourth-order valence-electron chi connectivity index (χ4n) is 5.47. The molecule has 0 spiro atoms. The summed E-state index contributed by atoms with van der Waals surface area (Å²) in [5.74, 6) is -1.16. The van der Waals surface area contributed by atoms with Gasteiger partial charge in [0.15, 0.2) is 6.29 Å². The second-order valence-corrected chi connectivity index (χ2v) is 10.4. The van der Waals surface area contributed by atoms with Gasteiger partial charge in [0.05, 0.1) is 48.0 Å². The van der Waals surface area contributed by atoms with E-state index in [2.05, 4.69) is 20.6 Å². The molecule has 0 unspecified atom stereocenters. The summed E-state index contributed by atoms with van der Waals surface area (Å²) >= 11 is 0. The van der Waals surface area contributed by atoms with Crippen molar-refractivity contribution in [3.8, 4) is 0 Å². The Balaban J connectivity index is 1.46. The molecule has 0 bridgehead atoms. The molecule has 12 heteroatoms. The van der Waals surface area contributed by atoms with Gasteiger partial charge in [0, 0.05) is 18.8 Å². The van der Waals surface area contributed by atoms with E-state index in [-0.39, 0.29) is 23.7 Å². The van der Waals surface area contributed by atoms with Crippen molar-refractivity contribution in [2.24, 2.45) is 0 Å². The quantitative estimate of drug-likeness (QED) is 0.335. The van der Waals surface area contributed by atoms with Gasteiger partial charge in [0.2, 0.25) is 5.91 Å². The van der Waals surface area contributed by atoms with Gasteiger partial charge >= 0.3 is 6.18 Å². The molecule has 1 amide bonds. The van der Waals surface area contributed by atoms with Gasteiger partial charge in [0.1, 0.15) is 17.5 Å². The molecule has 2 fully saturated rings. The van der Waals surface area contributed by atoms with Crippen molar-refractivity contribution in [2.75, 3.05) is 31.7 Å². The predicted molar refractivity (Wildman–Crippen MR) is 145 cm³/mol. The molecule has 42 heavy (non-hydrogen) atoms. The number of aryl methyl sites for hydroxylation is 1. The highest BCUT2D eigenvalue weighted by Crippen LogP contribution is 2.37. The highest BCUT2D eigenvalue weighted by molar-refractivity contribution is 5.80. The Labute approximate surface area is 240 Å². The maximum absolute atomic E-state index is 14.9. The van der Waals surface area contributed by atoms with E-state index in [0.29, 0.717) is 62.4 Å². The molecule has 2 aliphatic rings. The summed E-state index contributed by atoms with van der Waals surface area (Å²) in [6.07, 6.45) is -4.71. The smallest absolute Gasteiger partial charge is 0.381 e. The number of anilines is 1. The lowest BCUT2D eigenvalue weighted by atomic mass is 9.82. The Morgan fingerprint density at radius 3 is 2.38 bits per heavy atom. The fraction of sp³-hybridized carbons (Fsp3) is 0.433. The average molecular weight is 589 g/mol. The Bertz CT molecular complexity index is 1410. The Hall–Kier alpha value is -3.61. The van der Waals surface area contributed by atoms with Crippen LogP contribution in [0.3, 0.4) is 0 Å². The number of ether oxygens (including phenoxy) is 3. The molecule has 224 valence electrons. The topological polar surface area (TPSA) is 94.6 Å². The zero-order valence-corrected chi connectivity index (χ0v) is 23.3. The lowest BCUT2D eigenvalue weighted by Crippen LogP contribution is -2.50. The normalized spacial score (nSPS) is 18.0.